The monoisotopic (exact) mass is 449 g/mol. The smallest absolute Gasteiger partial charge is 0.322 e. The van der Waals surface area contributed by atoms with Crippen LogP contribution in [-0.4, -0.2) is 45.9 Å². The van der Waals surface area contributed by atoms with Crippen LogP contribution in [0.2, 0.25) is 0 Å². The minimum Gasteiger partial charge on any atom is -0.480 e. The Balaban J connectivity index is 1.45. The summed E-state index contributed by atoms with van der Waals surface area (Å²) in [6.07, 6.45) is 9.12. The number of carbonyl (C=O) groups excluding carboxylic acids is 1. The Kier molecular flexibility index (Phi) is 6.68. The van der Waals surface area contributed by atoms with Gasteiger partial charge in [-0.05, 0) is 104 Å². The number of carboxylic acid groups (broad SMARTS) is 1. The Labute approximate surface area is 192 Å². The Morgan fingerprint density at radius 3 is 2.50 bits per heavy atom. The number of aliphatic hydroxyl groups is 2. The van der Waals surface area contributed by atoms with Crippen molar-refractivity contribution in [3.63, 3.8) is 0 Å². The molecule has 4 saturated carbocycles. The Bertz CT molecular complexity index is 727. The summed E-state index contributed by atoms with van der Waals surface area (Å²) in [6.45, 7) is 6.65. The molecule has 182 valence electrons. The van der Waals surface area contributed by atoms with Crippen molar-refractivity contribution >= 4 is 11.9 Å². The predicted octanol–water partition coefficient (Wildman–Crippen LogP) is 3.59. The summed E-state index contributed by atoms with van der Waals surface area (Å²) in [5, 5.41) is 33.0. The van der Waals surface area contributed by atoms with Gasteiger partial charge in [0.05, 0.1) is 12.2 Å². The largest absolute Gasteiger partial charge is 0.480 e. The molecule has 6 heteroatoms. The Morgan fingerprint density at radius 2 is 1.78 bits per heavy atom. The number of nitrogens with one attached hydrogen (secondary N) is 1. The van der Waals surface area contributed by atoms with Gasteiger partial charge < -0.3 is 20.6 Å². The van der Waals surface area contributed by atoms with Gasteiger partial charge in [0.25, 0.3) is 0 Å². The summed E-state index contributed by atoms with van der Waals surface area (Å²) >= 11 is 0. The molecule has 10 atom stereocenters. The van der Waals surface area contributed by atoms with Crippen LogP contribution in [0, 0.1) is 46.3 Å². The lowest BCUT2D eigenvalue weighted by atomic mass is 9.43. The molecule has 1 amide bonds. The third-order valence-electron chi connectivity index (χ3n) is 10.8. The van der Waals surface area contributed by atoms with E-state index in [1.807, 2.05) is 0 Å². The second-order valence-corrected chi connectivity index (χ2v) is 12.1. The normalized spacial score (nSPS) is 46.5. The standard InChI is InChI=1S/C26H43NO5/c1-15(4-9-23(30)27-14-24(31)32)19-7-8-20-18-6-5-16-12-17(28)10-11-25(16,2)21(18)13-22(29)26(19,20)3/h15-22,28-29H,4-14H2,1-3H3,(H,27,30)(H,31,32)/t15-,16+,17-,18-,19-,20-,21+,22+,25+,26-/m1/s1. The average molecular weight is 450 g/mol. The van der Waals surface area contributed by atoms with E-state index in [1.165, 1.54) is 12.8 Å². The molecule has 4 aliphatic rings. The molecule has 32 heavy (non-hydrogen) atoms. The molecule has 0 aromatic rings. The molecule has 0 aromatic heterocycles. The second-order valence-electron chi connectivity index (χ2n) is 12.1. The molecule has 4 N–H and O–H groups in total. The van der Waals surface area contributed by atoms with Crippen molar-refractivity contribution in [1.82, 2.24) is 5.32 Å². The van der Waals surface area contributed by atoms with Crippen molar-refractivity contribution in [3.05, 3.63) is 0 Å². The van der Waals surface area contributed by atoms with Crippen LogP contribution in [0.5, 0.6) is 0 Å². The van der Waals surface area contributed by atoms with Gasteiger partial charge in [0, 0.05) is 6.42 Å². The first kappa shape index (κ1) is 24.0. The highest BCUT2D eigenvalue weighted by molar-refractivity contribution is 5.81. The first-order chi connectivity index (χ1) is 15.1. The molecule has 0 aliphatic heterocycles. The highest BCUT2D eigenvalue weighted by Gasteiger charge is 2.63. The number of rotatable bonds is 6. The van der Waals surface area contributed by atoms with Crippen molar-refractivity contribution < 1.29 is 24.9 Å². The molecule has 4 rings (SSSR count). The van der Waals surface area contributed by atoms with Gasteiger partial charge in [0.1, 0.15) is 6.54 Å². The maximum atomic E-state index is 12.0. The van der Waals surface area contributed by atoms with E-state index in [9.17, 15) is 19.8 Å². The molecule has 4 fully saturated rings. The fourth-order valence-corrected chi connectivity index (χ4v) is 8.98. The van der Waals surface area contributed by atoms with Crippen molar-refractivity contribution in [2.24, 2.45) is 46.3 Å². The fourth-order valence-electron chi connectivity index (χ4n) is 8.98. The Morgan fingerprint density at radius 1 is 1.03 bits per heavy atom. The fraction of sp³-hybridized carbons (Fsp3) is 0.923. The number of fused-ring (bicyclic) bond motifs is 5. The summed E-state index contributed by atoms with van der Waals surface area (Å²) in [5.41, 5.74) is 0.145. The zero-order valence-electron chi connectivity index (χ0n) is 20.1. The minimum absolute atomic E-state index is 0.102. The van der Waals surface area contributed by atoms with Crippen LogP contribution in [0.1, 0.15) is 85.0 Å². The van der Waals surface area contributed by atoms with E-state index < -0.39 is 5.97 Å². The summed E-state index contributed by atoms with van der Waals surface area (Å²) in [6, 6.07) is 0. The molecule has 0 heterocycles. The van der Waals surface area contributed by atoms with Crippen LogP contribution >= 0.6 is 0 Å². The van der Waals surface area contributed by atoms with Gasteiger partial charge in [0.15, 0.2) is 0 Å². The number of aliphatic carboxylic acids is 1. The van der Waals surface area contributed by atoms with E-state index >= 15 is 0 Å². The number of carboxylic acids is 1. The SMILES string of the molecule is C[C@H](CCC(=O)NCC(=O)O)[C@H]1CC[C@@H]2[C@H]3CC[C@H]4C[C@H](O)CC[C@]4(C)[C@H]3C[C@H](O)[C@@]21C. The predicted molar refractivity (Wildman–Crippen MR) is 122 cm³/mol. The molecular weight excluding hydrogens is 406 g/mol. The average Bonchev–Trinajstić information content (AvgIpc) is 3.10. The number of carbonyl (C=O) groups is 2. The van der Waals surface area contributed by atoms with Crippen LogP contribution in [0.15, 0.2) is 0 Å². The zero-order chi connectivity index (χ0) is 23.3. The van der Waals surface area contributed by atoms with Gasteiger partial charge in [-0.2, -0.15) is 0 Å². The van der Waals surface area contributed by atoms with E-state index in [-0.39, 0.29) is 35.5 Å². The molecule has 0 bridgehead atoms. The third kappa shape index (κ3) is 4.00. The van der Waals surface area contributed by atoms with Crippen molar-refractivity contribution in [2.45, 2.75) is 97.2 Å². The maximum Gasteiger partial charge on any atom is 0.322 e. The molecular formula is C26H43NO5. The Hall–Kier alpha value is -1.14. The number of amides is 1. The molecule has 6 nitrogen and oxygen atoms in total. The zero-order valence-corrected chi connectivity index (χ0v) is 20.1. The topological polar surface area (TPSA) is 107 Å². The maximum absolute atomic E-state index is 12.0. The van der Waals surface area contributed by atoms with E-state index in [0.29, 0.717) is 41.9 Å². The second kappa shape index (κ2) is 8.90. The van der Waals surface area contributed by atoms with Crippen LogP contribution in [0.25, 0.3) is 0 Å². The summed E-state index contributed by atoms with van der Waals surface area (Å²) in [7, 11) is 0. The first-order valence-electron chi connectivity index (χ1n) is 12.9. The van der Waals surface area contributed by atoms with Crippen molar-refractivity contribution in [2.75, 3.05) is 6.54 Å². The van der Waals surface area contributed by atoms with E-state index in [2.05, 4.69) is 26.1 Å². The van der Waals surface area contributed by atoms with Gasteiger partial charge in [-0.3, -0.25) is 9.59 Å². The first-order valence-corrected chi connectivity index (χ1v) is 12.9. The number of hydrogen-bond acceptors (Lipinski definition) is 4. The molecule has 0 unspecified atom stereocenters. The lowest BCUT2D eigenvalue weighted by Crippen LogP contribution is -2.58. The van der Waals surface area contributed by atoms with Crippen molar-refractivity contribution in [1.29, 1.82) is 0 Å². The summed E-state index contributed by atoms with van der Waals surface area (Å²) in [4.78, 5) is 22.7. The van der Waals surface area contributed by atoms with Gasteiger partial charge in [-0.1, -0.05) is 20.8 Å². The van der Waals surface area contributed by atoms with Gasteiger partial charge in [0.2, 0.25) is 5.91 Å². The third-order valence-corrected chi connectivity index (χ3v) is 10.8. The van der Waals surface area contributed by atoms with Crippen LogP contribution in [0.4, 0.5) is 0 Å². The van der Waals surface area contributed by atoms with Gasteiger partial charge in [-0.15, -0.1) is 0 Å². The van der Waals surface area contributed by atoms with E-state index in [0.717, 1.165) is 44.9 Å². The molecule has 0 spiro atoms. The van der Waals surface area contributed by atoms with Crippen LogP contribution < -0.4 is 5.32 Å². The molecule has 4 aliphatic carbocycles. The molecule has 0 radical (unpaired) electrons. The quantitative estimate of drug-likeness (QED) is 0.496. The van der Waals surface area contributed by atoms with E-state index in [4.69, 9.17) is 5.11 Å². The van der Waals surface area contributed by atoms with Crippen LogP contribution in [0.3, 0.4) is 0 Å². The highest BCUT2D eigenvalue weighted by Crippen LogP contribution is 2.68. The van der Waals surface area contributed by atoms with E-state index in [1.54, 1.807) is 0 Å². The lowest BCUT2D eigenvalue weighted by Gasteiger charge is -2.62. The lowest BCUT2D eigenvalue weighted by molar-refractivity contribution is -0.175. The van der Waals surface area contributed by atoms with Crippen LogP contribution in [-0.2, 0) is 9.59 Å². The molecule has 0 saturated heterocycles. The summed E-state index contributed by atoms with van der Waals surface area (Å²) in [5.74, 6) is 1.84. The molecule has 0 aromatic carbocycles. The van der Waals surface area contributed by atoms with Gasteiger partial charge >= 0.3 is 5.97 Å². The minimum atomic E-state index is -1.02. The van der Waals surface area contributed by atoms with Crippen molar-refractivity contribution in [3.8, 4) is 0 Å². The van der Waals surface area contributed by atoms with Gasteiger partial charge in [-0.25, -0.2) is 0 Å². The number of aliphatic hydroxyl groups excluding tert-OH is 2. The highest BCUT2D eigenvalue weighted by atomic mass is 16.4. The number of hydrogen-bond donors (Lipinski definition) is 4. The summed E-state index contributed by atoms with van der Waals surface area (Å²) < 4.78 is 0.